The normalized spacial score (nSPS) is 11.0. The molecule has 0 aliphatic carbocycles. The first-order valence-electron chi connectivity index (χ1n) is 11.3. The predicted octanol–water partition coefficient (Wildman–Crippen LogP) is 5.54. The number of esters is 1. The molecule has 3 rings (SSSR count). The minimum atomic E-state index is -0.470. The van der Waals surface area contributed by atoms with E-state index in [1.165, 1.54) is 18.1 Å². The second-order valence-electron chi connectivity index (χ2n) is 9.41. The topological polar surface area (TPSA) is 88.1 Å². The van der Waals surface area contributed by atoms with Gasteiger partial charge in [-0.1, -0.05) is 23.8 Å². The Morgan fingerprint density at radius 2 is 1.71 bits per heavy atom. The fourth-order valence-corrected chi connectivity index (χ4v) is 3.81. The lowest BCUT2D eigenvalue weighted by molar-refractivity contribution is -0.107. The van der Waals surface area contributed by atoms with Crippen LogP contribution in [0.25, 0.3) is 11.1 Å². The van der Waals surface area contributed by atoms with Crippen LogP contribution in [0.15, 0.2) is 54.6 Å². The van der Waals surface area contributed by atoms with E-state index < -0.39 is 5.97 Å². The van der Waals surface area contributed by atoms with Crippen LogP contribution in [-0.4, -0.2) is 37.2 Å². The summed E-state index contributed by atoms with van der Waals surface area (Å²) in [4.78, 5) is 26.2. The van der Waals surface area contributed by atoms with Gasteiger partial charge in [0.15, 0.2) is 0 Å². The molecule has 3 aromatic rings. The molecule has 35 heavy (non-hydrogen) atoms. The maximum Gasteiger partial charge on any atom is 0.338 e. The van der Waals surface area contributed by atoms with Crippen LogP contribution < -0.4 is 15.0 Å². The molecule has 0 heterocycles. The summed E-state index contributed by atoms with van der Waals surface area (Å²) in [6, 6.07) is 15.7. The van der Waals surface area contributed by atoms with E-state index in [2.05, 4.69) is 5.32 Å². The van der Waals surface area contributed by atoms with Gasteiger partial charge in [0, 0.05) is 29.8 Å². The highest BCUT2D eigenvalue weighted by molar-refractivity contribution is 5.93. The summed E-state index contributed by atoms with van der Waals surface area (Å²) >= 11 is 0. The Labute approximate surface area is 206 Å². The van der Waals surface area contributed by atoms with Gasteiger partial charge in [-0.15, -0.1) is 0 Å². The molecule has 2 N–H and O–H groups in total. The molecule has 7 heteroatoms. The number of anilines is 2. The Morgan fingerprint density at radius 3 is 2.31 bits per heavy atom. The van der Waals surface area contributed by atoms with Crippen LogP contribution in [-0.2, 0) is 16.1 Å². The zero-order valence-electron chi connectivity index (χ0n) is 21.0. The van der Waals surface area contributed by atoms with Crippen LogP contribution in [0, 0.1) is 6.92 Å². The summed E-state index contributed by atoms with van der Waals surface area (Å²) < 4.78 is 11.2. The number of ether oxygens (including phenoxy) is 2. The van der Waals surface area contributed by atoms with E-state index in [-0.39, 0.29) is 17.9 Å². The molecule has 0 atom stereocenters. The molecular formula is C28H32N2O5. The molecular weight excluding hydrogens is 444 g/mol. The number of nitrogens with one attached hydrogen (secondary N) is 1. The Morgan fingerprint density at radius 1 is 1.06 bits per heavy atom. The minimum Gasteiger partial charge on any atom is -0.508 e. The van der Waals surface area contributed by atoms with Gasteiger partial charge >= 0.3 is 5.97 Å². The lowest BCUT2D eigenvalue weighted by Gasteiger charge is -2.29. The average molecular weight is 477 g/mol. The number of aryl methyl sites for hydroxylation is 1. The van der Waals surface area contributed by atoms with E-state index in [1.54, 1.807) is 31.3 Å². The first-order chi connectivity index (χ1) is 16.5. The monoisotopic (exact) mass is 476 g/mol. The summed E-state index contributed by atoms with van der Waals surface area (Å²) in [6.07, 6.45) is 0.715. The number of carbonyl (C=O) groups excluding carboxylic acids is 2. The molecule has 0 unspecified atom stereocenters. The van der Waals surface area contributed by atoms with Gasteiger partial charge in [0.05, 0.1) is 24.0 Å². The fourth-order valence-electron chi connectivity index (χ4n) is 3.81. The van der Waals surface area contributed by atoms with Crippen molar-refractivity contribution in [1.82, 2.24) is 0 Å². The van der Waals surface area contributed by atoms with Gasteiger partial charge in [-0.25, -0.2) is 4.79 Å². The van der Waals surface area contributed by atoms with E-state index >= 15 is 0 Å². The zero-order chi connectivity index (χ0) is 25.8. The molecule has 0 saturated heterocycles. The molecule has 7 nitrogen and oxygen atoms in total. The lowest BCUT2D eigenvalue weighted by atomic mass is 9.95. The number of aromatic hydroxyl groups is 1. The van der Waals surface area contributed by atoms with Crippen LogP contribution in [0.1, 0.15) is 42.3 Å². The molecule has 0 spiro atoms. The maximum absolute atomic E-state index is 12.8. The van der Waals surface area contributed by atoms with Crippen molar-refractivity contribution in [3.05, 3.63) is 71.3 Å². The first-order valence-corrected chi connectivity index (χ1v) is 11.3. The molecule has 184 valence electrons. The number of benzene rings is 3. The Balaban J connectivity index is 2.17. The van der Waals surface area contributed by atoms with E-state index in [1.807, 2.05) is 52.0 Å². The maximum atomic E-state index is 12.8. The van der Waals surface area contributed by atoms with E-state index in [0.717, 1.165) is 11.3 Å². The number of carbonyl (C=O) groups is 2. The van der Waals surface area contributed by atoms with Gasteiger partial charge in [-0.3, -0.25) is 4.79 Å². The van der Waals surface area contributed by atoms with Gasteiger partial charge in [0.1, 0.15) is 18.1 Å². The van der Waals surface area contributed by atoms with Crippen molar-refractivity contribution in [1.29, 1.82) is 0 Å². The van der Waals surface area contributed by atoms with Crippen molar-refractivity contribution in [2.45, 2.75) is 39.8 Å². The molecule has 3 aromatic carbocycles. The summed E-state index contributed by atoms with van der Waals surface area (Å²) in [5.41, 5.74) is 4.52. The van der Waals surface area contributed by atoms with Crippen LogP contribution in [0.4, 0.5) is 11.4 Å². The van der Waals surface area contributed by atoms with Gasteiger partial charge in [0.25, 0.3) is 0 Å². The molecule has 0 radical (unpaired) electrons. The van der Waals surface area contributed by atoms with Crippen molar-refractivity contribution in [2.24, 2.45) is 0 Å². The smallest absolute Gasteiger partial charge is 0.338 e. The number of rotatable bonds is 8. The highest BCUT2D eigenvalue weighted by atomic mass is 16.5. The number of phenols is 1. The SMILES string of the molecule is COc1cc(O)ccc1-c1ccc(NC(C)(C)C)c(N(C)C=O)c1COC(=O)c1ccc(C)cc1. The van der Waals surface area contributed by atoms with E-state index in [0.29, 0.717) is 40.1 Å². The molecule has 0 aliphatic heterocycles. The summed E-state index contributed by atoms with van der Waals surface area (Å²) in [5, 5.41) is 13.4. The third kappa shape index (κ3) is 6.12. The van der Waals surface area contributed by atoms with Crippen LogP contribution in [0.5, 0.6) is 11.5 Å². The van der Waals surface area contributed by atoms with Gasteiger partial charge < -0.3 is 24.8 Å². The molecule has 1 amide bonds. The molecule has 0 fully saturated rings. The highest BCUT2D eigenvalue weighted by Gasteiger charge is 2.23. The molecule has 0 aromatic heterocycles. The highest BCUT2D eigenvalue weighted by Crippen LogP contribution is 2.42. The quantitative estimate of drug-likeness (QED) is 0.328. The van der Waals surface area contributed by atoms with Crippen LogP contribution >= 0.6 is 0 Å². The molecule has 0 aliphatic rings. The lowest BCUT2D eigenvalue weighted by Crippen LogP contribution is -2.28. The van der Waals surface area contributed by atoms with Crippen molar-refractivity contribution >= 4 is 23.8 Å². The second-order valence-corrected chi connectivity index (χ2v) is 9.41. The summed E-state index contributed by atoms with van der Waals surface area (Å²) in [5.74, 6) is 0.0454. The summed E-state index contributed by atoms with van der Waals surface area (Å²) in [6.45, 7) is 7.92. The fraction of sp³-hybridized carbons (Fsp3) is 0.286. The number of hydrogen-bond donors (Lipinski definition) is 2. The molecule has 0 bridgehead atoms. The van der Waals surface area contributed by atoms with Crippen molar-refractivity contribution < 1.29 is 24.2 Å². The number of methoxy groups -OCH3 is 1. The number of amides is 1. The Hall–Kier alpha value is -4.00. The second kappa shape index (κ2) is 10.5. The average Bonchev–Trinajstić information content (AvgIpc) is 2.81. The third-order valence-electron chi connectivity index (χ3n) is 5.41. The van der Waals surface area contributed by atoms with Gasteiger partial charge in [0.2, 0.25) is 6.41 Å². The largest absolute Gasteiger partial charge is 0.508 e. The molecule has 0 saturated carbocycles. The van der Waals surface area contributed by atoms with E-state index in [4.69, 9.17) is 9.47 Å². The van der Waals surface area contributed by atoms with Crippen LogP contribution in [0.2, 0.25) is 0 Å². The Kier molecular flexibility index (Phi) is 7.69. The van der Waals surface area contributed by atoms with Crippen molar-refractivity contribution in [3.63, 3.8) is 0 Å². The van der Waals surface area contributed by atoms with Crippen LogP contribution in [0.3, 0.4) is 0 Å². The van der Waals surface area contributed by atoms with Gasteiger partial charge in [-0.05, 0) is 63.6 Å². The number of phenolic OH excluding ortho intramolecular Hbond substituents is 1. The van der Waals surface area contributed by atoms with Gasteiger partial charge in [-0.2, -0.15) is 0 Å². The van der Waals surface area contributed by atoms with Crippen molar-refractivity contribution in [2.75, 3.05) is 24.4 Å². The Bertz CT molecular complexity index is 1210. The van der Waals surface area contributed by atoms with E-state index in [9.17, 15) is 14.7 Å². The predicted molar refractivity (Wildman–Crippen MR) is 138 cm³/mol. The first kappa shape index (κ1) is 25.6. The standard InChI is InChI=1S/C28H32N2O5/c1-18-7-9-19(10-8-18)27(33)35-16-23-21(22-12-11-20(32)15-25(22)34-6)13-14-24(29-28(2,3)4)26(23)30(5)17-31/h7-15,17,29,32H,16H2,1-6H3. The zero-order valence-corrected chi connectivity index (χ0v) is 21.0. The summed E-state index contributed by atoms with van der Waals surface area (Å²) in [7, 11) is 3.17. The number of nitrogens with zero attached hydrogens (tertiary/aromatic N) is 1. The minimum absolute atomic E-state index is 0.0641. The third-order valence-corrected chi connectivity index (χ3v) is 5.41. The van der Waals surface area contributed by atoms with Crippen molar-refractivity contribution in [3.8, 4) is 22.6 Å². The number of hydrogen-bond acceptors (Lipinski definition) is 6.